The van der Waals surface area contributed by atoms with Gasteiger partial charge in [0.1, 0.15) is 0 Å². The highest BCUT2D eigenvalue weighted by Gasteiger charge is 2.32. The Labute approximate surface area is 228 Å². The first-order valence-corrected chi connectivity index (χ1v) is 15.2. The number of piperidine rings is 1. The third-order valence-corrected chi connectivity index (χ3v) is 10.3. The van der Waals surface area contributed by atoms with Crippen LogP contribution < -0.4 is 4.90 Å². The van der Waals surface area contributed by atoms with E-state index in [1.807, 2.05) is 25.1 Å². The largest absolute Gasteiger partial charge is 0.279 e. The maximum atomic E-state index is 13.8. The lowest BCUT2D eigenvalue weighted by Crippen LogP contribution is -2.43. The number of fused-ring (bicyclic) bond motifs is 1. The van der Waals surface area contributed by atoms with Crippen molar-refractivity contribution in [1.29, 1.82) is 0 Å². The summed E-state index contributed by atoms with van der Waals surface area (Å²) in [6.07, 6.45) is 7.04. The number of sulfonamides is 1. The molecule has 2 aromatic heterocycles. The summed E-state index contributed by atoms with van der Waals surface area (Å²) in [5, 5.41) is 0.592. The number of anilines is 1. The van der Waals surface area contributed by atoms with Gasteiger partial charge in [0.2, 0.25) is 10.0 Å². The fourth-order valence-corrected chi connectivity index (χ4v) is 7.75. The second-order valence-corrected chi connectivity index (χ2v) is 12.8. The topological polar surface area (TPSA) is 83.5 Å². The predicted octanol–water partition coefficient (Wildman–Crippen LogP) is 6.11. The third kappa shape index (κ3) is 5.23. The highest BCUT2D eigenvalue weighted by molar-refractivity contribution is 7.89. The van der Waals surface area contributed by atoms with E-state index in [1.165, 1.54) is 16.9 Å². The van der Waals surface area contributed by atoms with E-state index in [0.29, 0.717) is 23.8 Å². The molecule has 0 aliphatic carbocycles. The molecule has 1 amide bonds. The smallest absolute Gasteiger partial charge is 0.260 e. The molecule has 1 aliphatic rings. The van der Waals surface area contributed by atoms with Gasteiger partial charge in [-0.15, -0.1) is 0 Å². The van der Waals surface area contributed by atoms with Crippen LogP contribution in [0.4, 0.5) is 5.13 Å². The van der Waals surface area contributed by atoms with Crippen LogP contribution in [-0.2, 0) is 16.6 Å². The second-order valence-electron chi connectivity index (χ2n) is 9.85. The number of thiazole rings is 1. The highest BCUT2D eigenvalue weighted by atomic mass is 32.2. The first-order chi connectivity index (χ1) is 18.3. The summed E-state index contributed by atoms with van der Waals surface area (Å²) >= 11 is 1.47. The zero-order chi connectivity index (χ0) is 26.9. The van der Waals surface area contributed by atoms with Crippen molar-refractivity contribution in [1.82, 2.24) is 14.3 Å². The SMILES string of the molecule is CCC1CCCCN1S(=O)(=O)c1ccc(C(=O)N(Cc2cccnc2)c2nc3cc(C)c(C)cc3s2)cc1. The van der Waals surface area contributed by atoms with Crippen molar-refractivity contribution in [2.75, 3.05) is 11.4 Å². The van der Waals surface area contributed by atoms with Gasteiger partial charge < -0.3 is 0 Å². The fourth-order valence-electron chi connectivity index (χ4n) is 4.94. The van der Waals surface area contributed by atoms with Crippen molar-refractivity contribution in [3.8, 4) is 0 Å². The van der Waals surface area contributed by atoms with Crippen LogP contribution in [0.2, 0.25) is 0 Å². The van der Waals surface area contributed by atoms with Crippen molar-refractivity contribution in [3.63, 3.8) is 0 Å². The Hall–Kier alpha value is -3.14. The maximum Gasteiger partial charge on any atom is 0.260 e. The van der Waals surface area contributed by atoms with Crippen LogP contribution in [0.15, 0.2) is 65.8 Å². The number of aromatic nitrogens is 2. The maximum absolute atomic E-state index is 13.8. The van der Waals surface area contributed by atoms with Gasteiger partial charge in [0.15, 0.2) is 5.13 Å². The van der Waals surface area contributed by atoms with Gasteiger partial charge in [0, 0.05) is 30.5 Å². The quantitative estimate of drug-likeness (QED) is 0.278. The summed E-state index contributed by atoms with van der Waals surface area (Å²) in [5.74, 6) is -0.241. The number of nitrogens with zero attached hydrogens (tertiary/aromatic N) is 4. The summed E-state index contributed by atoms with van der Waals surface area (Å²) < 4.78 is 29.5. The van der Waals surface area contributed by atoms with E-state index in [0.717, 1.165) is 47.0 Å². The Kier molecular flexibility index (Phi) is 7.61. The van der Waals surface area contributed by atoms with Crippen molar-refractivity contribution < 1.29 is 13.2 Å². The third-order valence-electron chi connectivity index (χ3n) is 7.28. The molecule has 1 aliphatic heterocycles. The Morgan fingerprint density at radius 1 is 1.11 bits per heavy atom. The first-order valence-electron chi connectivity index (χ1n) is 13.0. The van der Waals surface area contributed by atoms with Gasteiger partial charge in [-0.2, -0.15) is 4.31 Å². The van der Waals surface area contributed by atoms with Gasteiger partial charge in [0.05, 0.1) is 21.7 Å². The highest BCUT2D eigenvalue weighted by Crippen LogP contribution is 2.33. The van der Waals surface area contributed by atoms with E-state index in [2.05, 4.69) is 24.9 Å². The average Bonchev–Trinajstić information content (AvgIpc) is 3.34. The van der Waals surface area contributed by atoms with Crippen LogP contribution in [0.25, 0.3) is 10.2 Å². The summed E-state index contributed by atoms with van der Waals surface area (Å²) in [6, 6.07) is 14.3. The number of carbonyl (C=O) groups is 1. The van der Waals surface area contributed by atoms with Gasteiger partial charge in [-0.05, 0) is 92.3 Å². The number of benzene rings is 2. The zero-order valence-electron chi connectivity index (χ0n) is 21.9. The van der Waals surface area contributed by atoms with Gasteiger partial charge in [-0.25, -0.2) is 13.4 Å². The monoisotopic (exact) mass is 548 g/mol. The lowest BCUT2D eigenvalue weighted by atomic mass is 10.0. The van der Waals surface area contributed by atoms with Crippen LogP contribution in [0.3, 0.4) is 0 Å². The zero-order valence-corrected chi connectivity index (χ0v) is 23.6. The molecule has 0 spiro atoms. The molecule has 0 bridgehead atoms. The molecular formula is C29H32N4O3S2. The molecule has 0 saturated carbocycles. The summed E-state index contributed by atoms with van der Waals surface area (Å²) in [6.45, 7) is 6.98. The molecular weight excluding hydrogens is 516 g/mol. The molecule has 3 heterocycles. The van der Waals surface area contributed by atoms with Gasteiger partial charge >= 0.3 is 0 Å². The van der Waals surface area contributed by atoms with Crippen LogP contribution in [0.5, 0.6) is 0 Å². The van der Waals surface area contributed by atoms with Crippen molar-refractivity contribution in [3.05, 3.63) is 83.2 Å². The van der Waals surface area contributed by atoms with E-state index in [4.69, 9.17) is 4.98 Å². The van der Waals surface area contributed by atoms with Crippen LogP contribution in [0.1, 0.15) is 59.7 Å². The minimum absolute atomic E-state index is 0.0244. The molecule has 9 heteroatoms. The lowest BCUT2D eigenvalue weighted by molar-refractivity contribution is 0.0985. The molecule has 1 atom stereocenters. The number of hydrogen-bond acceptors (Lipinski definition) is 6. The van der Waals surface area contributed by atoms with E-state index < -0.39 is 10.0 Å². The average molecular weight is 549 g/mol. The normalized spacial score (nSPS) is 16.6. The van der Waals surface area contributed by atoms with Crippen molar-refractivity contribution >= 4 is 42.6 Å². The van der Waals surface area contributed by atoms with E-state index >= 15 is 0 Å². The van der Waals surface area contributed by atoms with Crippen LogP contribution >= 0.6 is 11.3 Å². The summed E-state index contributed by atoms with van der Waals surface area (Å²) in [4.78, 5) is 24.7. The molecule has 198 valence electrons. The minimum Gasteiger partial charge on any atom is -0.279 e. The molecule has 1 fully saturated rings. The number of hydrogen-bond donors (Lipinski definition) is 0. The molecule has 0 radical (unpaired) electrons. The molecule has 0 N–H and O–H groups in total. The fraction of sp³-hybridized carbons (Fsp3) is 0.345. The number of amides is 1. The molecule has 38 heavy (non-hydrogen) atoms. The van der Waals surface area contributed by atoms with Gasteiger partial charge in [-0.1, -0.05) is 30.7 Å². The molecule has 4 aromatic rings. The Balaban J connectivity index is 1.47. The lowest BCUT2D eigenvalue weighted by Gasteiger charge is -2.34. The molecule has 5 rings (SSSR count). The number of pyridine rings is 1. The standard InChI is InChI=1S/C29H32N4O3S2/c1-4-24-9-5-6-15-33(24)38(35,36)25-12-10-23(11-13-25)28(34)32(19-22-8-7-14-30-18-22)29-31-26-16-20(2)21(3)17-27(26)37-29/h7-8,10-14,16-18,24H,4-6,9,15,19H2,1-3H3. The van der Waals surface area contributed by atoms with Crippen LogP contribution in [0, 0.1) is 13.8 Å². The second kappa shape index (κ2) is 10.9. The van der Waals surface area contributed by atoms with Crippen LogP contribution in [-0.4, -0.2) is 41.2 Å². The number of carbonyl (C=O) groups excluding carboxylic acids is 1. The molecule has 1 unspecified atom stereocenters. The molecule has 7 nitrogen and oxygen atoms in total. The number of aryl methyl sites for hydroxylation is 2. The van der Waals surface area contributed by atoms with E-state index in [1.54, 1.807) is 45.9 Å². The predicted molar refractivity (Wildman–Crippen MR) is 152 cm³/mol. The molecule has 2 aromatic carbocycles. The number of rotatable bonds is 7. The Bertz CT molecular complexity index is 1510. The van der Waals surface area contributed by atoms with E-state index in [9.17, 15) is 13.2 Å². The Morgan fingerprint density at radius 2 is 1.87 bits per heavy atom. The van der Waals surface area contributed by atoms with E-state index in [-0.39, 0.29) is 16.8 Å². The summed E-state index contributed by atoms with van der Waals surface area (Å²) in [5.41, 5.74) is 4.46. The Morgan fingerprint density at radius 3 is 2.58 bits per heavy atom. The van der Waals surface area contributed by atoms with Gasteiger partial charge in [0.25, 0.3) is 5.91 Å². The minimum atomic E-state index is -3.62. The first kappa shape index (κ1) is 26.5. The van der Waals surface area contributed by atoms with Crippen molar-refractivity contribution in [2.24, 2.45) is 0 Å². The molecule has 1 saturated heterocycles. The van der Waals surface area contributed by atoms with Crippen molar-refractivity contribution in [2.45, 2.75) is 63.9 Å². The summed E-state index contributed by atoms with van der Waals surface area (Å²) in [7, 11) is -3.62. The van der Waals surface area contributed by atoms with Gasteiger partial charge in [-0.3, -0.25) is 14.7 Å².